The standard InChI is InChI=1S/C11H7ClN4S.C6H5ClS.C5H3ClN4/c12-7-3-1-2-4-8(7)17-11-9-10(14-5-13-9)15-6-16-11;7-5-3-1-2-4-6(5)8;6-4-3-5(9-1-7-3)10-2-8-4/h1-6H,(H,13,14,15,16);1-4,8H;1-2H,(H,7,8,9,10). The van der Waals surface area contributed by atoms with Gasteiger partial charge in [-0.15, -0.1) is 12.6 Å². The van der Waals surface area contributed by atoms with Gasteiger partial charge in [0.2, 0.25) is 0 Å². The third-order valence-electron chi connectivity index (χ3n) is 4.26. The highest BCUT2D eigenvalue weighted by molar-refractivity contribution is 7.99. The van der Waals surface area contributed by atoms with Crippen LogP contribution in [-0.2, 0) is 0 Å². The fourth-order valence-electron chi connectivity index (χ4n) is 2.64. The van der Waals surface area contributed by atoms with E-state index in [9.17, 15) is 0 Å². The summed E-state index contributed by atoms with van der Waals surface area (Å²) in [6, 6.07) is 15.1. The lowest BCUT2D eigenvalue weighted by Crippen LogP contribution is -1.86. The number of H-pyrrole nitrogens is 2. The lowest BCUT2D eigenvalue weighted by atomic mass is 10.4. The molecular formula is C22H15Cl3N8S2. The van der Waals surface area contributed by atoms with E-state index in [0.717, 1.165) is 20.3 Å². The van der Waals surface area contributed by atoms with E-state index in [2.05, 4.69) is 52.5 Å². The van der Waals surface area contributed by atoms with Crippen LogP contribution < -0.4 is 0 Å². The van der Waals surface area contributed by atoms with E-state index in [1.807, 2.05) is 48.5 Å². The molecule has 0 fully saturated rings. The molecule has 13 heteroatoms. The molecule has 6 rings (SSSR count). The van der Waals surface area contributed by atoms with Crippen molar-refractivity contribution in [1.29, 1.82) is 0 Å². The van der Waals surface area contributed by atoms with E-state index in [0.29, 0.717) is 32.0 Å². The summed E-state index contributed by atoms with van der Waals surface area (Å²) in [7, 11) is 0. The van der Waals surface area contributed by atoms with Gasteiger partial charge in [0.05, 0.1) is 22.7 Å². The first-order chi connectivity index (χ1) is 17.0. The van der Waals surface area contributed by atoms with Crippen LogP contribution in [0.1, 0.15) is 0 Å². The van der Waals surface area contributed by atoms with Crippen molar-refractivity contribution in [2.24, 2.45) is 0 Å². The zero-order chi connectivity index (χ0) is 24.6. The lowest BCUT2D eigenvalue weighted by molar-refractivity contribution is 1.08. The number of nitrogens with one attached hydrogen (secondary N) is 2. The van der Waals surface area contributed by atoms with Gasteiger partial charge >= 0.3 is 0 Å². The molecule has 4 aromatic heterocycles. The number of nitrogens with zero attached hydrogens (tertiary/aromatic N) is 6. The largest absolute Gasteiger partial charge is 0.341 e. The summed E-state index contributed by atoms with van der Waals surface area (Å²) in [4.78, 5) is 31.5. The minimum atomic E-state index is 0.405. The number of imidazole rings is 2. The first-order valence-electron chi connectivity index (χ1n) is 9.82. The molecule has 0 aliphatic heterocycles. The average molecular weight is 562 g/mol. The Bertz CT molecular complexity index is 1540. The minimum Gasteiger partial charge on any atom is -0.341 e. The molecule has 8 nitrogen and oxygen atoms in total. The molecule has 4 heterocycles. The van der Waals surface area contributed by atoms with Crippen LogP contribution in [0.3, 0.4) is 0 Å². The van der Waals surface area contributed by atoms with Gasteiger partial charge in [0.15, 0.2) is 16.4 Å². The van der Waals surface area contributed by atoms with E-state index >= 15 is 0 Å². The Labute approximate surface area is 224 Å². The Kier molecular flexibility index (Phi) is 8.78. The molecule has 2 aromatic carbocycles. The van der Waals surface area contributed by atoms with Crippen LogP contribution in [-0.4, -0.2) is 39.9 Å². The number of rotatable bonds is 2. The Morgan fingerprint density at radius 2 is 1.26 bits per heavy atom. The summed E-state index contributed by atoms with van der Waals surface area (Å²) in [6.45, 7) is 0. The Hall–Kier alpha value is -2.89. The molecule has 35 heavy (non-hydrogen) atoms. The van der Waals surface area contributed by atoms with Crippen LogP contribution in [0.25, 0.3) is 22.3 Å². The highest BCUT2D eigenvalue weighted by Crippen LogP contribution is 2.34. The van der Waals surface area contributed by atoms with Crippen molar-refractivity contribution in [3.8, 4) is 0 Å². The first-order valence-corrected chi connectivity index (χ1v) is 12.2. The molecule has 0 spiro atoms. The Morgan fingerprint density at radius 1 is 0.657 bits per heavy atom. The van der Waals surface area contributed by atoms with Gasteiger partial charge in [-0.3, -0.25) is 0 Å². The zero-order valence-electron chi connectivity index (χ0n) is 17.6. The second-order valence-electron chi connectivity index (χ2n) is 6.53. The van der Waals surface area contributed by atoms with Crippen molar-refractivity contribution in [3.63, 3.8) is 0 Å². The number of hydrogen-bond donors (Lipinski definition) is 3. The Balaban J connectivity index is 0.000000136. The fourth-order valence-corrected chi connectivity index (χ4v) is 4.24. The summed E-state index contributed by atoms with van der Waals surface area (Å²) in [5, 5.41) is 2.64. The molecular weight excluding hydrogens is 547 g/mol. The molecule has 0 aliphatic carbocycles. The summed E-state index contributed by atoms with van der Waals surface area (Å²) in [5.41, 5.74) is 2.77. The molecule has 0 radical (unpaired) electrons. The van der Waals surface area contributed by atoms with Crippen LogP contribution >= 0.6 is 59.2 Å². The highest BCUT2D eigenvalue weighted by atomic mass is 35.5. The molecule has 2 N–H and O–H groups in total. The number of hydrogen-bond acceptors (Lipinski definition) is 8. The maximum absolute atomic E-state index is 6.11. The van der Waals surface area contributed by atoms with Gasteiger partial charge in [-0.05, 0) is 24.3 Å². The smallest absolute Gasteiger partial charge is 0.182 e. The van der Waals surface area contributed by atoms with Crippen molar-refractivity contribution in [2.75, 3.05) is 0 Å². The minimum absolute atomic E-state index is 0.405. The zero-order valence-corrected chi connectivity index (χ0v) is 21.6. The summed E-state index contributed by atoms with van der Waals surface area (Å²) >= 11 is 23.0. The molecule has 0 bridgehead atoms. The summed E-state index contributed by atoms with van der Waals surface area (Å²) in [6.07, 6.45) is 6.02. The van der Waals surface area contributed by atoms with Crippen molar-refractivity contribution >= 4 is 81.5 Å². The monoisotopic (exact) mass is 560 g/mol. The van der Waals surface area contributed by atoms with Crippen molar-refractivity contribution in [2.45, 2.75) is 14.8 Å². The first kappa shape index (κ1) is 25.2. The summed E-state index contributed by atoms with van der Waals surface area (Å²) in [5.74, 6) is 0. The number of fused-ring (bicyclic) bond motifs is 2. The van der Waals surface area contributed by atoms with Gasteiger partial charge in [-0.25, -0.2) is 29.9 Å². The topological polar surface area (TPSA) is 109 Å². The normalized spacial score (nSPS) is 10.4. The number of halogens is 3. The molecule has 0 amide bonds. The lowest BCUT2D eigenvalue weighted by Gasteiger charge is -2.03. The van der Waals surface area contributed by atoms with Crippen molar-refractivity contribution in [3.05, 3.63) is 89.0 Å². The van der Waals surface area contributed by atoms with Gasteiger partial charge in [0.1, 0.15) is 28.7 Å². The maximum atomic E-state index is 6.11. The van der Waals surface area contributed by atoms with Crippen molar-refractivity contribution in [1.82, 2.24) is 39.9 Å². The molecule has 0 unspecified atom stereocenters. The third kappa shape index (κ3) is 6.62. The van der Waals surface area contributed by atoms with Crippen LogP contribution in [0, 0.1) is 0 Å². The SMILES string of the molecule is Clc1ccccc1Sc1ncnc2nc[nH]c12.Clc1ncnc2nc[nH]c12.Sc1ccccc1Cl. The number of benzene rings is 2. The summed E-state index contributed by atoms with van der Waals surface area (Å²) < 4.78 is 0. The molecule has 0 saturated heterocycles. The van der Waals surface area contributed by atoms with Crippen molar-refractivity contribution < 1.29 is 0 Å². The number of aromatic amines is 2. The van der Waals surface area contributed by atoms with E-state index in [-0.39, 0.29) is 0 Å². The second kappa shape index (κ2) is 12.2. The van der Waals surface area contributed by atoms with E-state index < -0.39 is 0 Å². The average Bonchev–Trinajstić information content (AvgIpc) is 3.54. The van der Waals surface area contributed by atoms with E-state index in [4.69, 9.17) is 34.8 Å². The third-order valence-corrected chi connectivity index (χ3v) is 6.92. The van der Waals surface area contributed by atoms with Gasteiger partial charge < -0.3 is 9.97 Å². The maximum Gasteiger partial charge on any atom is 0.182 e. The molecule has 176 valence electrons. The second-order valence-corrected chi connectivity index (χ2v) is 9.21. The molecule has 0 aliphatic rings. The van der Waals surface area contributed by atoms with Crippen LogP contribution in [0.2, 0.25) is 15.2 Å². The predicted octanol–water partition coefficient (Wildman–Crippen LogP) is 6.79. The van der Waals surface area contributed by atoms with Gasteiger partial charge in [0.25, 0.3) is 0 Å². The Morgan fingerprint density at radius 3 is 1.89 bits per heavy atom. The van der Waals surface area contributed by atoms with E-state index in [1.54, 1.807) is 6.33 Å². The number of aromatic nitrogens is 8. The van der Waals surface area contributed by atoms with Gasteiger partial charge in [-0.2, -0.15) is 0 Å². The van der Waals surface area contributed by atoms with Crippen LogP contribution in [0.5, 0.6) is 0 Å². The molecule has 0 atom stereocenters. The molecule has 0 saturated carbocycles. The van der Waals surface area contributed by atoms with Gasteiger partial charge in [-0.1, -0.05) is 70.8 Å². The number of thiol groups is 1. The highest BCUT2D eigenvalue weighted by Gasteiger charge is 2.09. The van der Waals surface area contributed by atoms with E-state index in [1.165, 1.54) is 30.7 Å². The fraction of sp³-hybridized carbons (Fsp3) is 0. The van der Waals surface area contributed by atoms with Crippen LogP contribution in [0.4, 0.5) is 0 Å². The predicted molar refractivity (Wildman–Crippen MR) is 143 cm³/mol. The molecule has 6 aromatic rings. The van der Waals surface area contributed by atoms with Crippen LogP contribution in [0.15, 0.2) is 88.7 Å². The van der Waals surface area contributed by atoms with Gasteiger partial charge in [0, 0.05) is 9.79 Å². The quantitative estimate of drug-likeness (QED) is 0.158.